The molecule has 1 unspecified atom stereocenters. The average molecular weight is 278 g/mol. The van der Waals surface area contributed by atoms with Crippen molar-refractivity contribution in [2.75, 3.05) is 10.4 Å². The van der Waals surface area contributed by atoms with Crippen molar-refractivity contribution in [2.45, 2.75) is 39.5 Å². The Morgan fingerprint density at radius 1 is 1.45 bits per heavy atom. The highest BCUT2D eigenvalue weighted by atomic mass is 16.6. The van der Waals surface area contributed by atoms with Crippen molar-refractivity contribution in [3.05, 3.63) is 18.3 Å². The largest absolute Gasteiger partial charge is 0.444 e. The molecule has 1 aromatic rings. The molecule has 8 heteroatoms. The molecular weight excluding hydrogens is 260 g/mol. The number of carbonyl (C=O) groups excluding carboxylic acids is 1. The van der Waals surface area contributed by atoms with Gasteiger partial charge in [0.1, 0.15) is 11.8 Å². The van der Waals surface area contributed by atoms with Crippen LogP contribution in [-0.4, -0.2) is 22.8 Å². The summed E-state index contributed by atoms with van der Waals surface area (Å²) in [6, 6.07) is 3.43. The van der Waals surface area contributed by atoms with Gasteiger partial charge >= 0.3 is 6.09 Å². The van der Waals surface area contributed by atoms with Gasteiger partial charge in [0, 0.05) is 0 Å². The summed E-state index contributed by atoms with van der Waals surface area (Å²) >= 11 is 0. The molecule has 0 bridgehead atoms. The SMILES string of the molecule is CC1N=NN(c2ccc(NC(=O)OC(C)(C)C)cn2)N1. The number of hydrazine groups is 1. The number of carbonyl (C=O) groups is 1. The number of hydrogen-bond acceptors (Lipinski definition) is 7. The van der Waals surface area contributed by atoms with Crippen LogP contribution in [0.2, 0.25) is 0 Å². The molecule has 2 rings (SSSR count). The maximum Gasteiger partial charge on any atom is 0.412 e. The van der Waals surface area contributed by atoms with Crippen molar-refractivity contribution < 1.29 is 9.53 Å². The van der Waals surface area contributed by atoms with Crippen LogP contribution >= 0.6 is 0 Å². The number of pyridine rings is 1. The molecule has 0 saturated carbocycles. The molecule has 2 heterocycles. The van der Waals surface area contributed by atoms with E-state index in [0.29, 0.717) is 11.5 Å². The summed E-state index contributed by atoms with van der Waals surface area (Å²) in [4.78, 5) is 15.8. The molecule has 1 aliphatic heterocycles. The lowest BCUT2D eigenvalue weighted by atomic mass is 10.2. The fourth-order valence-electron chi connectivity index (χ4n) is 1.48. The van der Waals surface area contributed by atoms with E-state index >= 15 is 0 Å². The molecule has 0 aromatic carbocycles. The number of anilines is 2. The summed E-state index contributed by atoms with van der Waals surface area (Å²) < 4.78 is 5.15. The second-order valence-corrected chi connectivity index (χ2v) is 5.35. The van der Waals surface area contributed by atoms with E-state index in [1.54, 1.807) is 32.9 Å². The second kappa shape index (κ2) is 5.41. The summed E-state index contributed by atoms with van der Waals surface area (Å²) in [5.41, 5.74) is 3.00. The minimum absolute atomic E-state index is 0.0728. The third-order valence-electron chi connectivity index (χ3n) is 2.23. The van der Waals surface area contributed by atoms with E-state index < -0.39 is 11.7 Å². The van der Waals surface area contributed by atoms with Gasteiger partial charge in [0.2, 0.25) is 0 Å². The maximum atomic E-state index is 11.6. The Balaban J connectivity index is 1.95. The van der Waals surface area contributed by atoms with Crippen molar-refractivity contribution in [1.29, 1.82) is 0 Å². The van der Waals surface area contributed by atoms with Gasteiger partial charge in [-0.05, 0) is 39.8 Å². The van der Waals surface area contributed by atoms with Crippen molar-refractivity contribution in [3.8, 4) is 0 Å². The fourth-order valence-corrected chi connectivity index (χ4v) is 1.48. The van der Waals surface area contributed by atoms with Crippen LogP contribution in [0.5, 0.6) is 0 Å². The highest BCUT2D eigenvalue weighted by molar-refractivity contribution is 5.84. The molecule has 108 valence electrons. The third-order valence-corrected chi connectivity index (χ3v) is 2.23. The van der Waals surface area contributed by atoms with E-state index in [0.717, 1.165) is 0 Å². The van der Waals surface area contributed by atoms with Gasteiger partial charge in [-0.3, -0.25) is 5.32 Å². The topological polar surface area (TPSA) is 91.2 Å². The highest BCUT2D eigenvalue weighted by Crippen LogP contribution is 2.17. The predicted molar refractivity (Wildman–Crippen MR) is 74.0 cm³/mol. The molecule has 0 radical (unpaired) electrons. The van der Waals surface area contributed by atoms with Gasteiger partial charge < -0.3 is 4.74 Å². The van der Waals surface area contributed by atoms with Crippen molar-refractivity contribution >= 4 is 17.6 Å². The molecule has 20 heavy (non-hydrogen) atoms. The first-order valence-corrected chi connectivity index (χ1v) is 6.26. The van der Waals surface area contributed by atoms with Crippen LogP contribution in [0.15, 0.2) is 28.7 Å². The molecule has 0 saturated heterocycles. The van der Waals surface area contributed by atoms with E-state index in [1.807, 2.05) is 6.92 Å². The molecule has 0 spiro atoms. The molecule has 8 nitrogen and oxygen atoms in total. The molecule has 2 N–H and O–H groups in total. The summed E-state index contributed by atoms with van der Waals surface area (Å²) in [5, 5.41) is 11.9. The first-order chi connectivity index (χ1) is 9.33. The lowest BCUT2D eigenvalue weighted by molar-refractivity contribution is 0.0636. The first-order valence-electron chi connectivity index (χ1n) is 6.26. The van der Waals surface area contributed by atoms with Crippen molar-refractivity contribution in [1.82, 2.24) is 10.4 Å². The number of ether oxygens (including phenoxy) is 1. The molecule has 1 aliphatic rings. The van der Waals surface area contributed by atoms with Gasteiger partial charge in [-0.15, -0.1) is 5.11 Å². The minimum atomic E-state index is -0.534. The van der Waals surface area contributed by atoms with Crippen LogP contribution in [0.4, 0.5) is 16.3 Å². The molecule has 1 amide bonds. The Kier molecular flexibility index (Phi) is 3.84. The van der Waals surface area contributed by atoms with Crippen LogP contribution < -0.4 is 15.9 Å². The molecular formula is C12H18N6O2. The van der Waals surface area contributed by atoms with Crippen LogP contribution in [-0.2, 0) is 4.74 Å². The average Bonchev–Trinajstić information content (AvgIpc) is 2.74. The second-order valence-electron chi connectivity index (χ2n) is 5.35. The standard InChI is InChI=1S/C12H18N6O2/c1-8-15-17-18(16-8)10-6-5-9(7-13-10)14-11(19)20-12(2,3)4/h5-8,16H,1-4H3,(H,14,19). The Labute approximate surface area is 117 Å². The Bertz CT molecular complexity index is 508. The normalized spacial score (nSPS) is 18.2. The summed E-state index contributed by atoms with van der Waals surface area (Å²) in [6.45, 7) is 7.29. The van der Waals surface area contributed by atoms with Crippen LogP contribution in [0.3, 0.4) is 0 Å². The van der Waals surface area contributed by atoms with Gasteiger partial charge in [-0.2, -0.15) is 10.5 Å². The van der Waals surface area contributed by atoms with E-state index in [2.05, 4.69) is 26.1 Å². The van der Waals surface area contributed by atoms with E-state index in [1.165, 1.54) is 11.3 Å². The van der Waals surface area contributed by atoms with Crippen LogP contribution in [0.25, 0.3) is 0 Å². The Morgan fingerprint density at radius 3 is 2.70 bits per heavy atom. The van der Waals surface area contributed by atoms with Gasteiger partial charge in [0.05, 0.1) is 11.9 Å². The number of rotatable bonds is 2. The number of nitrogens with zero attached hydrogens (tertiary/aromatic N) is 4. The summed E-state index contributed by atoms with van der Waals surface area (Å²) in [6.07, 6.45) is 0.940. The zero-order valence-corrected chi connectivity index (χ0v) is 11.9. The minimum Gasteiger partial charge on any atom is -0.444 e. The lowest BCUT2D eigenvalue weighted by Crippen LogP contribution is -2.33. The first kappa shape index (κ1) is 14.2. The van der Waals surface area contributed by atoms with Crippen LogP contribution in [0, 0.1) is 0 Å². The van der Waals surface area contributed by atoms with Gasteiger partial charge in [-0.25, -0.2) is 9.78 Å². The predicted octanol–water partition coefficient (Wildman–Crippen LogP) is 2.47. The highest BCUT2D eigenvalue weighted by Gasteiger charge is 2.18. The Morgan fingerprint density at radius 2 is 2.20 bits per heavy atom. The van der Waals surface area contributed by atoms with Crippen molar-refractivity contribution in [3.63, 3.8) is 0 Å². The zero-order valence-electron chi connectivity index (χ0n) is 11.9. The molecule has 1 aromatic heterocycles. The van der Waals surface area contributed by atoms with Gasteiger partial charge in [-0.1, -0.05) is 5.22 Å². The summed E-state index contributed by atoms with van der Waals surface area (Å²) in [5.74, 6) is 0.591. The molecule has 0 aliphatic carbocycles. The summed E-state index contributed by atoms with van der Waals surface area (Å²) in [7, 11) is 0. The van der Waals surface area contributed by atoms with E-state index in [-0.39, 0.29) is 6.17 Å². The lowest BCUT2D eigenvalue weighted by Gasteiger charge is -2.19. The van der Waals surface area contributed by atoms with Gasteiger partial charge in [0.15, 0.2) is 5.82 Å². The van der Waals surface area contributed by atoms with Gasteiger partial charge in [0.25, 0.3) is 0 Å². The maximum absolute atomic E-state index is 11.6. The smallest absolute Gasteiger partial charge is 0.412 e. The third kappa shape index (κ3) is 3.89. The van der Waals surface area contributed by atoms with Crippen LogP contribution in [0.1, 0.15) is 27.7 Å². The molecule has 1 atom stereocenters. The van der Waals surface area contributed by atoms with E-state index in [4.69, 9.17) is 4.74 Å². The Hall–Kier alpha value is -2.22. The molecule has 0 fully saturated rings. The zero-order chi connectivity index (χ0) is 14.8. The number of hydrogen-bond donors (Lipinski definition) is 2. The fraction of sp³-hybridized carbons (Fsp3) is 0.500. The number of amides is 1. The monoisotopic (exact) mass is 278 g/mol. The van der Waals surface area contributed by atoms with E-state index in [9.17, 15) is 4.79 Å². The number of nitrogens with one attached hydrogen (secondary N) is 2. The van der Waals surface area contributed by atoms with Crippen molar-refractivity contribution in [2.24, 2.45) is 10.3 Å². The number of aromatic nitrogens is 1. The quantitative estimate of drug-likeness (QED) is 0.867.